The predicted molar refractivity (Wildman–Crippen MR) is 87.0 cm³/mol. The molecule has 110 valence electrons. The van der Waals surface area contributed by atoms with Gasteiger partial charge < -0.3 is 10.2 Å². The molecule has 7 heteroatoms. The van der Waals surface area contributed by atoms with Gasteiger partial charge in [-0.15, -0.1) is 11.3 Å². The van der Waals surface area contributed by atoms with Gasteiger partial charge in [0.2, 0.25) is 5.95 Å². The molecule has 0 aromatic carbocycles. The minimum Gasteiger partial charge on any atom is -0.354 e. The number of anilines is 2. The van der Waals surface area contributed by atoms with E-state index in [0.29, 0.717) is 5.95 Å². The molecule has 0 saturated heterocycles. The summed E-state index contributed by atoms with van der Waals surface area (Å²) >= 11 is 1.75. The van der Waals surface area contributed by atoms with Crippen molar-refractivity contribution >= 4 is 34.1 Å². The van der Waals surface area contributed by atoms with E-state index >= 15 is 0 Å². The average molecular weight is 302 g/mol. The first-order chi connectivity index (χ1) is 10.2. The highest BCUT2D eigenvalue weighted by molar-refractivity contribution is 7.10. The molecular formula is C14H18N6S. The molecule has 3 rings (SSSR count). The zero-order valence-electron chi connectivity index (χ0n) is 12.3. The summed E-state index contributed by atoms with van der Waals surface area (Å²) in [6.45, 7) is 4.98. The van der Waals surface area contributed by atoms with Gasteiger partial charge in [0.15, 0.2) is 5.65 Å². The highest BCUT2D eigenvalue weighted by atomic mass is 32.1. The quantitative estimate of drug-likeness (QED) is 0.758. The molecule has 0 amide bonds. The van der Waals surface area contributed by atoms with Gasteiger partial charge in [-0.2, -0.15) is 15.1 Å². The second kappa shape index (κ2) is 5.69. The second-order valence-electron chi connectivity index (χ2n) is 4.84. The summed E-state index contributed by atoms with van der Waals surface area (Å²) in [5.41, 5.74) is 0.751. The van der Waals surface area contributed by atoms with Gasteiger partial charge in [0.05, 0.1) is 17.6 Å². The fraction of sp³-hybridized carbons (Fsp3) is 0.357. The summed E-state index contributed by atoms with van der Waals surface area (Å²) in [5.74, 6) is 1.50. The smallest absolute Gasteiger partial charge is 0.226 e. The summed E-state index contributed by atoms with van der Waals surface area (Å²) in [6, 6.07) is 4.46. The van der Waals surface area contributed by atoms with Crippen LogP contribution in [0.25, 0.3) is 11.0 Å². The zero-order chi connectivity index (χ0) is 14.8. The second-order valence-corrected chi connectivity index (χ2v) is 5.82. The zero-order valence-corrected chi connectivity index (χ0v) is 13.1. The summed E-state index contributed by atoms with van der Waals surface area (Å²) in [4.78, 5) is 12.5. The van der Waals surface area contributed by atoms with E-state index in [2.05, 4.69) is 61.9 Å². The Balaban J connectivity index is 2.03. The molecule has 0 radical (unpaired) electrons. The highest BCUT2D eigenvalue weighted by Crippen LogP contribution is 2.31. The lowest BCUT2D eigenvalue weighted by Gasteiger charge is -2.25. The SMILES string of the molecule is CCNc1nc(N(C)C(C)c2cccs2)c2cn[nH]c2n1. The van der Waals surface area contributed by atoms with Gasteiger partial charge in [0, 0.05) is 18.5 Å². The van der Waals surface area contributed by atoms with Crippen molar-refractivity contribution in [3.8, 4) is 0 Å². The lowest BCUT2D eigenvalue weighted by atomic mass is 10.2. The van der Waals surface area contributed by atoms with Crippen molar-refractivity contribution in [3.05, 3.63) is 28.6 Å². The maximum Gasteiger partial charge on any atom is 0.226 e. The van der Waals surface area contributed by atoms with Crippen LogP contribution < -0.4 is 10.2 Å². The molecule has 3 aromatic rings. The lowest BCUT2D eigenvalue weighted by Crippen LogP contribution is -2.22. The molecule has 21 heavy (non-hydrogen) atoms. The Labute approximate surface area is 127 Å². The number of hydrogen-bond acceptors (Lipinski definition) is 6. The lowest BCUT2D eigenvalue weighted by molar-refractivity contribution is 0.745. The van der Waals surface area contributed by atoms with Crippen LogP contribution >= 0.6 is 11.3 Å². The number of fused-ring (bicyclic) bond motifs is 1. The first kappa shape index (κ1) is 13.8. The van der Waals surface area contributed by atoms with Crippen LogP contribution in [0.2, 0.25) is 0 Å². The largest absolute Gasteiger partial charge is 0.354 e. The molecule has 0 aliphatic rings. The molecule has 6 nitrogen and oxygen atoms in total. The van der Waals surface area contributed by atoms with Gasteiger partial charge in [-0.25, -0.2) is 0 Å². The molecule has 1 unspecified atom stereocenters. The van der Waals surface area contributed by atoms with E-state index in [0.717, 1.165) is 23.4 Å². The van der Waals surface area contributed by atoms with Gasteiger partial charge in [0.1, 0.15) is 5.82 Å². The third kappa shape index (κ3) is 2.56. The Morgan fingerprint density at radius 3 is 3.00 bits per heavy atom. The van der Waals surface area contributed by atoms with Gasteiger partial charge in [-0.3, -0.25) is 5.10 Å². The number of H-pyrrole nitrogens is 1. The summed E-state index contributed by atoms with van der Waals surface area (Å²) in [6.07, 6.45) is 1.78. The molecule has 0 bridgehead atoms. The third-order valence-corrected chi connectivity index (χ3v) is 4.54. The third-order valence-electron chi connectivity index (χ3n) is 3.49. The fourth-order valence-electron chi connectivity index (χ4n) is 2.23. The van der Waals surface area contributed by atoms with E-state index < -0.39 is 0 Å². The molecule has 3 heterocycles. The Kier molecular flexibility index (Phi) is 3.74. The van der Waals surface area contributed by atoms with Crippen molar-refractivity contribution in [2.45, 2.75) is 19.9 Å². The van der Waals surface area contributed by atoms with E-state index in [1.807, 2.05) is 6.92 Å². The highest BCUT2D eigenvalue weighted by Gasteiger charge is 2.19. The van der Waals surface area contributed by atoms with Gasteiger partial charge in [0.25, 0.3) is 0 Å². The maximum absolute atomic E-state index is 4.64. The molecule has 1 atom stereocenters. The fourth-order valence-corrected chi connectivity index (χ4v) is 3.06. The summed E-state index contributed by atoms with van der Waals surface area (Å²) in [7, 11) is 2.05. The average Bonchev–Trinajstić information content (AvgIpc) is 3.16. The molecule has 0 saturated carbocycles. The number of hydrogen-bond donors (Lipinski definition) is 2. The maximum atomic E-state index is 4.64. The van der Waals surface area contributed by atoms with E-state index in [1.165, 1.54) is 4.88 Å². The Hall–Kier alpha value is -2.15. The van der Waals surface area contributed by atoms with Gasteiger partial charge >= 0.3 is 0 Å². The number of thiophene rings is 1. The first-order valence-electron chi connectivity index (χ1n) is 6.92. The Bertz CT molecular complexity index is 720. The van der Waals surface area contributed by atoms with Crippen molar-refractivity contribution < 1.29 is 0 Å². The Morgan fingerprint density at radius 1 is 1.43 bits per heavy atom. The molecule has 3 aromatic heterocycles. The minimum absolute atomic E-state index is 0.243. The predicted octanol–water partition coefficient (Wildman–Crippen LogP) is 3.04. The van der Waals surface area contributed by atoms with Crippen molar-refractivity contribution in [3.63, 3.8) is 0 Å². The standard InChI is InChI=1S/C14H18N6S/c1-4-15-14-17-12-10(8-16-19-12)13(18-14)20(3)9(2)11-6-5-7-21-11/h5-9H,4H2,1-3H3,(H2,15,16,17,18,19). The van der Waals surface area contributed by atoms with Gasteiger partial charge in [-0.1, -0.05) is 6.07 Å². The number of aromatic amines is 1. The Morgan fingerprint density at radius 2 is 2.29 bits per heavy atom. The van der Waals surface area contributed by atoms with Crippen LogP contribution in [0.1, 0.15) is 24.8 Å². The van der Waals surface area contributed by atoms with E-state index in [-0.39, 0.29) is 6.04 Å². The molecule has 0 spiro atoms. The van der Waals surface area contributed by atoms with Crippen molar-refractivity contribution in [1.82, 2.24) is 20.2 Å². The summed E-state index contributed by atoms with van der Waals surface area (Å²) < 4.78 is 0. The molecule has 0 fully saturated rings. The van der Waals surface area contributed by atoms with Crippen molar-refractivity contribution in [1.29, 1.82) is 0 Å². The number of aromatic nitrogens is 4. The number of nitrogens with one attached hydrogen (secondary N) is 2. The van der Waals surface area contributed by atoms with Crippen LogP contribution in [-0.4, -0.2) is 33.8 Å². The number of rotatable bonds is 5. The minimum atomic E-state index is 0.243. The van der Waals surface area contributed by atoms with Crippen molar-refractivity contribution in [2.24, 2.45) is 0 Å². The molecule has 0 aliphatic carbocycles. The monoisotopic (exact) mass is 302 g/mol. The number of nitrogens with zero attached hydrogens (tertiary/aromatic N) is 4. The van der Waals surface area contributed by atoms with Crippen LogP contribution in [0.4, 0.5) is 11.8 Å². The normalized spacial score (nSPS) is 12.5. The van der Waals surface area contributed by atoms with Crippen LogP contribution in [0.3, 0.4) is 0 Å². The van der Waals surface area contributed by atoms with Crippen LogP contribution in [-0.2, 0) is 0 Å². The van der Waals surface area contributed by atoms with Crippen LogP contribution in [0.15, 0.2) is 23.7 Å². The van der Waals surface area contributed by atoms with Crippen LogP contribution in [0, 0.1) is 0 Å². The summed E-state index contributed by atoms with van der Waals surface area (Å²) in [5, 5.41) is 13.2. The van der Waals surface area contributed by atoms with E-state index in [9.17, 15) is 0 Å². The topological polar surface area (TPSA) is 69.7 Å². The van der Waals surface area contributed by atoms with Crippen LogP contribution in [0.5, 0.6) is 0 Å². The van der Waals surface area contributed by atoms with E-state index in [1.54, 1.807) is 17.5 Å². The molecule has 2 N–H and O–H groups in total. The molecule has 0 aliphatic heterocycles. The molecular weight excluding hydrogens is 284 g/mol. The van der Waals surface area contributed by atoms with Crippen molar-refractivity contribution in [2.75, 3.05) is 23.8 Å². The first-order valence-corrected chi connectivity index (χ1v) is 7.80. The van der Waals surface area contributed by atoms with E-state index in [4.69, 9.17) is 0 Å². The van der Waals surface area contributed by atoms with Gasteiger partial charge in [-0.05, 0) is 25.3 Å².